The van der Waals surface area contributed by atoms with Crippen LogP contribution in [-0.2, 0) is 26.5 Å². The topological polar surface area (TPSA) is 55.1 Å². The molecule has 42 heavy (non-hydrogen) atoms. The third-order valence-corrected chi connectivity index (χ3v) is 7.49. The van der Waals surface area contributed by atoms with E-state index in [1.165, 1.54) is 5.70 Å². The van der Waals surface area contributed by atoms with E-state index in [1.807, 2.05) is 47.8 Å². The van der Waals surface area contributed by atoms with Gasteiger partial charge in [-0.1, -0.05) is 48.5 Å². The number of nitrogens with zero attached hydrogens (tertiary/aromatic N) is 5. The van der Waals surface area contributed by atoms with Crippen LogP contribution in [0.3, 0.4) is 0 Å². The first-order valence-corrected chi connectivity index (χ1v) is 14.2. The maximum atomic E-state index is 6.47. The molecule has 0 spiro atoms. The summed E-state index contributed by atoms with van der Waals surface area (Å²) in [6.45, 7) is 21.4. The molecule has 3 aromatic heterocycles. The van der Waals surface area contributed by atoms with E-state index in [-0.39, 0.29) is 38.3 Å². The van der Waals surface area contributed by atoms with Crippen molar-refractivity contribution in [1.29, 1.82) is 0 Å². The monoisotopic (exact) mass is 745 g/mol. The molecule has 8 heteroatoms. The van der Waals surface area contributed by atoms with Crippen LogP contribution in [0.25, 0.3) is 5.65 Å². The van der Waals surface area contributed by atoms with E-state index in [1.54, 1.807) is 6.20 Å². The Balaban J connectivity index is 0.00000405. The first kappa shape index (κ1) is 31.6. The van der Waals surface area contributed by atoms with Crippen LogP contribution in [-0.4, -0.2) is 26.3 Å². The number of fused-ring (bicyclic) bond motifs is 1. The SMILES string of the molecule is CC1=C(C)N(c2[c-]c(Oc3[c-]c(Oc4cc(C(C)(C)C)ccn4)n4c(C(C)C)c(C(C)C)nc4c3)ccc2)[CH-]N1C.[Pt]. The Hall–Kier alpha value is -3.31. The van der Waals surface area contributed by atoms with Gasteiger partial charge in [0.2, 0.25) is 5.88 Å². The molecule has 4 heterocycles. The summed E-state index contributed by atoms with van der Waals surface area (Å²) in [6, 6.07) is 18.6. The molecule has 0 unspecified atom stereocenters. The molecule has 0 aliphatic carbocycles. The third-order valence-electron chi connectivity index (χ3n) is 7.49. The van der Waals surface area contributed by atoms with E-state index in [9.17, 15) is 0 Å². The smallest absolute Gasteiger partial charge is 0.219 e. The molecule has 0 amide bonds. The minimum Gasteiger partial charge on any atom is -0.521 e. The average Bonchev–Trinajstić information content (AvgIpc) is 3.42. The fraction of sp³-hybridized carbons (Fsp3) is 0.382. The first-order valence-electron chi connectivity index (χ1n) is 14.2. The minimum atomic E-state index is -0.0392. The van der Waals surface area contributed by atoms with Gasteiger partial charge in [-0.2, -0.15) is 12.7 Å². The van der Waals surface area contributed by atoms with E-state index in [0.29, 0.717) is 23.3 Å². The largest absolute Gasteiger partial charge is 0.521 e. The van der Waals surface area contributed by atoms with Crippen LogP contribution in [0, 0.1) is 18.8 Å². The van der Waals surface area contributed by atoms with Crippen molar-refractivity contribution < 1.29 is 30.5 Å². The molecular weight excluding hydrogens is 705 g/mol. The Morgan fingerprint density at radius 2 is 1.64 bits per heavy atom. The van der Waals surface area contributed by atoms with Crippen molar-refractivity contribution in [3.05, 3.63) is 89.7 Å². The molecule has 0 saturated carbocycles. The Kier molecular flexibility index (Phi) is 9.13. The molecule has 226 valence electrons. The van der Waals surface area contributed by atoms with Crippen LogP contribution >= 0.6 is 0 Å². The molecule has 0 atom stereocenters. The minimum absolute atomic E-state index is 0. The van der Waals surface area contributed by atoms with Gasteiger partial charge in [-0.25, -0.2) is 4.98 Å². The van der Waals surface area contributed by atoms with Gasteiger partial charge in [-0.3, -0.25) is 9.38 Å². The second kappa shape index (κ2) is 12.1. The second-order valence-corrected chi connectivity index (χ2v) is 12.3. The molecule has 0 radical (unpaired) electrons. The summed E-state index contributed by atoms with van der Waals surface area (Å²) in [5.74, 6) is 2.52. The van der Waals surface area contributed by atoms with Gasteiger partial charge in [0, 0.05) is 50.5 Å². The zero-order valence-electron chi connectivity index (χ0n) is 26.1. The van der Waals surface area contributed by atoms with E-state index in [2.05, 4.69) is 95.9 Å². The molecule has 7 nitrogen and oxygen atoms in total. The number of hydrogen-bond acceptors (Lipinski definition) is 6. The molecule has 0 fully saturated rings. The van der Waals surface area contributed by atoms with Crippen LogP contribution in [0.2, 0.25) is 0 Å². The first-order chi connectivity index (χ1) is 19.3. The maximum Gasteiger partial charge on any atom is 0.219 e. The molecule has 1 aliphatic rings. The summed E-state index contributed by atoms with van der Waals surface area (Å²) in [7, 11) is 2.04. The third kappa shape index (κ3) is 6.22. The molecule has 1 aromatic carbocycles. The zero-order valence-corrected chi connectivity index (χ0v) is 28.4. The van der Waals surface area contributed by atoms with Crippen molar-refractivity contribution in [2.75, 3.05) is 11.9 Å². The van der Waals surface area contributed by atoms with E-state index >= 15 is 0 Å². The van der Waals surface area contributed by atoms with Gasteiger partial charge in [0.1, 0.15) is 5.88 Å². The Morgan fingerprint density at radius 1 is 0.905 bits per heavy atom. The number of ether oxygens (including phenoxy) is 2. The average molecular weight is 746 g/mol. The second-order valence-electron chi connectivity index (χ2n) is 12.3. The van der Waals surface area contributed by atoms with E-state index in [0.717, 1.165) is 34.0 Å². The van der Waals surface area contributed by atoms with E-state index in [4.69, 9.17) is 14.5 Å². The fourth-order valence-electron chi connectivity index (χ4n) is 5.00. The van der Waals surface area contributed by atoms with Crippen LogP contribution in [0.1, 0.15) is 91.1 Å². The predicted molar refractivity (Wildman–Crippen MR) is 163 cm³/mol. The summed E-state index contributed by atoms with van der Waals surface area (Å²) in [5.41, 5.74) is 7.21. The van der Waals surface area contributed by atoms with Crippen molar-refractivity contribution in [2.45, 2.75) is 79.6 Å². The standard InChI is InChI=1S/C34H40N5O2.Pt/c1-21(2)32-33(22(3)4)39-29(36-32)18-28(19-31(39)41-30-16-25(14-15-35-30)34(7,8)9)40-27-13-11-12-26(17-27)38-20-37(10)23(5)24(38)6;/h11-16,18,20-22H,1-10H3;/q-3;. The number of benzene rings is 1. The normalized spacial score (nSPS) is 13.9. The van der Waals surface area contributed by atoms with Crippen LogP contribution in [0.5, 0.6) is 23.3 Å². The number of hydrogen-bond donors (Lipinski definition) is 0. The number of pyridine rings is 2. The van der Waals surface area contributed by atoms with Crippen LogP contribution < -0.4 is 14.4 Å². The Labute approximate surface area is 264 Å². The van der Waals surface area contributed by atoms with Gasteiger partial charge >= 0.3 is 0 Å². The quantitative estimate of drug-likeness (QED) is 0.177. The molecule has 0 saturated heterocycles. The number of imidazole rings is 1. The Bertz CT molecular complexity index is 1620. The molecule has 5 rings (SSSR count). The summed E-state index contributed by atoms with van der Waals surface area (Å²) >= 11 is 0. The van der Waals surface area contributed by atoms with Crippen molar-refractivity contribution >= 4 is 11.3 Å². The maximum absolute atomic E-state index is 6.47. The van der Waals surface area contributed by atoms with Crippen molar-refractivity contribution in [2.24, 2.45) is 0 Å². The van der Waals surface area contributed by atoms with Gasteiger partial charge in [-0.05, 0) is 61.2 Å². The predicted octanol–water partition coefficient (Wildman–Crippen LogP) is 8.58. The fourth-order valence-corrected chi connectivity index (χ4v) is 5.00. The van der Waals surface area contributed by atoms with Crippen molar-refractivity contribution in [1.82, 2.24) is 19.3 Å². The molecule has 0 bridgehead atoms. The van der Waals surface area contributed by atoms with E-state index < -0.39 is 0 Å². The van der Waals surface area contributed by atoms with Gasteiger partial charge in [-0.15, -0.1) is 36.0 Å². The van der Waals surface area contributed by atoms with Crippen LogP contribution in [0.15, 0.2) is 54.0 Å². The summed E-state index contributed by atoms with van der Waals surface area (Å²) in [6.07, 6.45) is 1.79. The number of anilines is 1. The number of allylic oxidation sites excluding steroid dienone is 2. The Morgan fingerprint density at radius 3 is 2.26 bits per heavy atom. The van der Waals surface area contributed by atoms with Gasteiger partial charge < -0.3 is 19.3 Å². The van der Waals surface area contributed by atoms with Crippen molar-refractivity contribution in [3.8, 4) is 23.3 Å². The van der Waals surface area contributed by atoms with Gasteiger partial charge in [0.05, 0.1) is 11.3 Å². The summed E-state index contributed by atoms with van der Waals surface area (Å²) < 4.78 is 14.9. The van der Waals surface area contributed by atoms with Gasteiger partial charge in [0.25, 0.3) is 0 Å². The molecular formula is C34H40N5O2Pt-3. The molecule has 4 aromatic rings. The van der Waals surface area contributed by atoms with Gasteiger partial charge in [0.15, 0.2) is 0 Å². The number of aromatic nitrogens is 3. The zero-order chi connectivity index (χ0) is 29.6. The molecule has 0 N–H and O–H groups in total. The van der Waals surface area contributed by atoms with Crippen LogP contribution in [0.4, 0.5) is 5.69 Å². The van der Waals surface area contributed by atoms with Crippen molar-refractivity contribution in [3.63, 3.8) is 0 Å². The number of rotatable bonds is 7. The molecule has 1 aliphatic heterocycles. The summed E-state index contributed by atoms with van der Waals surface area (Å²) in [5, 5.41) is 0. The summed E-state index contributed by atoms with van der Waals surface area (Å²) in [4.78, 5) is 13.8.